The number of ether oxygens (including phenoxy) is 1. The molecule has 4 heteroatoms. The maximum Gasteiger partial charge on any atom is 0.409 e. The summed E-state index contributed by atoms with van der Waals surface area (Å²) in [5.74, 6) is 0.488. The molecule has 0 aromatic carbocycles. The third-order valence-electron chi connectivity index (χ3n) is 2.01. The second kappa shape index (κ2) is 3.76. The van der Waals surface area contributed by atoms with Crippen LogP contribution < -0.4 is 5.73 Å². The Balaban J connectivity index is 4.21. The molecule has 0 rings (SSSR count). The average molecular weight is 187 g/mol. The van der Waals surface area contributed by atoms with Gasteiger partial charge in [-0.3, -0.25) is 0 Å². The van der Waals surface area contributed by atoms with Crippen LogP contribution in [0.2, 0.25) is 25.2 Å². The fourth-order valence-corrected chi connectivity index (χ4v) is 1.73. The first kappa shape index (κ1) is 11.2. The highest BCUT2D eigenvalue weighted by Gasteiger charge is 2.26. The van der Waals surface area contributed by atoms with Gasteiger partial charge >= 0.3 is 6.09 Å². The van der Waals surface area contributed by atoms with Crippen LogP contribution >= 0.6 is 0 Å². The van der Waals surface area contributed by atoms with E-state index in [9.17, 15) is 4.79 Å². The van der Waals surface area contributed by atoms with Crippen molar-refractivity contribution in [1.29, 1.82) is 0 Å². The van der Waals surface area contributed by atoms with Crippen molar-refractivity contribution < 1.29 is 9.53 Å². The first-order valence-corrected chi connectivity index (χ1v) is 7.49. The Morgan fingerprint density at radius 2 is 1.92 bits per heavy atom. The van der Waals surface area contributed by atoms with E-state index < -0.39 is 14.2 Å². The lowest BCUT2D eigenvalue weighted by molar-refractivity contribution is 0.184. The molecule has 0 spiro atoms. The molecule has 0 aliphatic heterocycles. The Kier molecular flexibility index (Phi) is 3.51. The van der Waals surface area contributed by atoms with Gasteiger partial charge in [0.1, 0.15) is 5.76 Å². The van der Waals surface area contributed by atoms with Crippen molar-refractivity contribution in [2.45, 2.75) is 32.1 Å². The maximum absolute atomic E-state index is 10.4. The minimum Gasteiger partial charge on any atom is -0.416 e. The van der Waals surface area contributed by atoms with Crippen molar-refractivity contribution in [2.24, 2.45) is 5.73 Å². The highest BCUT2D eigenvalue weighted by Crippen LogP contribution is 2.28. The molecule has 0 aromatic rings. The second-order valence-corrected chi connectivity index (χ2v) is 9.57. The molecular weight excluding hydrogens is 170 g/mol. The molecule has 0 aliphatic rings. The Morgan fingerprint density at radius 1 is 1.50 bits per heavy atom. The largest absolute Gasteiger partial charge is 0.416 e. The normalized spacial score (nSPS) is 13.7. The molecule has 0 aliphatic carbocycles. The van der Waals surface area contributed by atoms with E-state index in [-0.39, 0.29) is 5.54 Å². The van der Waals surface area contributed by atoms with Crippen molar-refractivity contribution in [3.05, 3.63) is 12.3 Å². The quantitative estimate of drug-likeness (QED) is 0.544. The van der Waals surface area contributed by atoms with Gasteiger partial charge in [0.15, 0.2) is 0 Å². The second-order valence-electron chi connectivity index (χ2n) is 3.98. The summed E-state index contributed by atoms with van der Waals surface area (Å²) in [5, 5.41) is 0. The highest BCUT2D eigenvalue weighted by atomic mass is 28.3. The van der Waals surface area contributed by atoms with Crippen LogP contribution in [0.25, 0.3) is 0 Å². The molecular formula is C8H17NO2Si. The molecule has 0 radical (unpaired) electrons. The summed E-state index contributed by atoms with van der Waals surface area (Å²) >= 11 is 0. The van der Waals surface area contributed by atoms with Crippen LogP contribution in [-0.4, -0.2) is 14.2 Å². The number of nitrogens with two attached hydrogens (primary N) is 1. The van der Waals surface area contributed by atoms with E-state index >= 15 is 0 Å². The van der Waals surface area contributed by atoms with Gasteiger partial charge in [-0.15, -0.1) is 0 Å². The minimum absolute atomic E-state index is 0.241. The van der Waals surface area contributed by atoms with Gasteiger partial charge in [0.25, 0.3) is 0 Å². The maximum atomic E-state index is 10.4. The third-order valence-corrected chi connectivity index (χ3v) is 4.93. The number of rotatable bonds is 3. The van der Waals surface area contributed by atoms with E-state index in [2.05, 4.69) is 26.2 Å². The molecule has 1 atom stereocenters. The highest BCUT2D eigenvalue weighted by molar-refractivity contribution is 6.78. The number of hydrogen-bond acceptors (Lipinski definition) is 2. The van der Waals surface area contributed by atoms with Gasteiger partial charge in [0.05, 0.1) is 8.07 Å². The smallest absolute Gasteiger partial charge is 0.409 e. The van der Waals surface area contributed by atoms with Crippen LogP contribution in [0.15, 0.2) is 12.3 Å². The fraction of sp³-hybridized carbons (Fsp3) is 0.625. The number of carbonyl (C=O) groups is 1. The predicted molar refractivity (Wildman–Crippen MR) is 52.6 cm³/mol. The third kappa shape index (κ3) is 3.57. The van der Waals surface area contributed by atoms with E-state index in [1.807, 2.05) is 6.92 Å². The molecule has 1 unspecified atom stereocenters. The Hall–Kier alpha value is -0.773. The van der Waals surface area contributed by atoms with Gasteiger partial charge in [-0.25, -0.2) is 4.79 Å². The van der Waals surface area contributed by atoms with Crippen molar-refractivity contribution in [3.8, 4) is 0 Å². The number of hydrogen-bond donors (Lipinski definition) is 1. The number of primary amides is 1. The van der Waals surface area contributed by atoms with Crippen molar-refractivity contribution in [3.63, 3.8) is 0 Å². The van der Waals surface area contributed by atoms with E-state index in [0.717, 1.165) is 0 Å². The van der Waals surface area contributed by atoms with Crippen LogP contribution in [0.1, 0.15) is 6.92 Å². The van der Waals surface area contributed by atoms with E-state index in [4.69, 9.17) is 10.5 Å². The summed E-state index contributed by atoms with van der Waals surface area (Å²) in [6.45, 7) is 12.2. The van der Waals surface area contributed by atoms with Crippen molar-refractivity contribution >= 4 is 14.2 Å². The number of amides is 1. The average Bonchev–Trinajstić information content (AvgIpc) is 1.82. The monoisotopic (exact) mass is 187 g/mol. The number of carbonyl (C=O) groups excluding carboxylic acids is 1. The van der Waals surface area contributed by atoms with Gasteiger partial charge in [-0.1, -0.05) is 33.1 Å². The summed E-state index contributed by atoms with van der Waals surface area (Å²) in [4.78, 5) is 10.4. The predicted octanol–water partition coefficient (Wildman–Crippen LogP) is 2.32. The zero-order chi connectivity index (χ0) is 9.94. The fourth-order valence-electron chi connectivity index (χ4n) is 0.701. The standard InChI is InChI=1S/C8H17NO2Si/c1-6(11-8(9)10)7(2)12(3,4)5/h7H,1H2,2-5H3,(H2,9,10). The molecule has 3 nitrogen and oxygen atoms in total. The lowest BCUT2D eigenvalue weighted by Crippen LogP contribution is -2.29. The van der Waals surface area contributed by atoms with E-state index in [1.54, 1.807) is 0 Å². The molecule has 0 saturated carbocycles. The summed E-state index contributed by atoms with van der Waals surface area (Å²) in [6, 6.07) is 0. The minimum atomic E-state index is -1.32. The van der Waals surface area contributed by atoms with Crippen LogP contribution in [0, 0.1) is 0 Å². The van der Waals surface area contributed by atoms with Gasteiger partial charge < -0.3 is 10.5 Å². The molecule has 70 valence electrons. The Bertz CT molecular complexity index is 196. The molecule has 1 amide bonds. The van der Waals surface area contributed by atoms with Gasteiger partial charge in [-0.2, -0.15) is 0 Å². The van der Waals surface area contributed by atoms with Crippen molar-refractivity contribution in [2.75, 3.05) is 0 Å². The molecule has 0 aromatic heterocycles. The Morgan fingerprint density at radius 3 is 2.17 bits per heavy atom. The molecule has 0 heterocycles. The summed E-state index contributed by atoms with van der Waals surface area (Å²) in [6.07, 6.45) is -0.773. The van der Waals surface area contributed by atoms with Crippen LogP contribution in [0.3, 0.4) is 0 Å². The molecule has 12 heavy (non-hydrogen) atoms. The number of allylic oxidation sites excluding steroid dienone is 1. The Labute approximate surface area is 74.6 Å². The van der Waals surface area contributed by atoms with E-state index in [0.29, 0.717) is 5.76 Å². The van der Waals surface area contributed by atoms with Gasteiger partial charge in [0.2, 0.25) is 0 Å². The van der Waals surface area contributed by atoms with Crippen LogP contribution in [0.5, 0.6) is 0 Å². The summed E-state index contributed by atoms with van der Waals surface area (Å²) in [5.41, 5.74) is 5.11. The first-order valence-electron chi connectivity index (χ1n) is 3.91. The van der Waals surface area contributed by atoms with Gasteiger partial charge in [-0.05, 0) is 0 Å². The topological polar surface area (TPSA) is 52.3 Å². The summed E-state index contributed by atoms with van der Waals surface area (Å²) in [7, 11) is -1.32. The zero-order valence-corrected chi connectivity index (χ0v) is 9.18. The molecule has 0 fully saturated rings. The molecule has 0 bridgehead atoms. The van der Waals surface area contributed by atoms with Crippen LogP contribution in [0.4, 0.5) is 4.79 Å². The van der Waals surface area contributed by atoms with E-state index in [1.165, 1.54) is 0 Å². The molecule has 2 N–H and O–H groups in total. The first-order chi connectivity index (χ1) is 5.25. The van der Waals surface area contributed by atoms with Gasteiger partial charge in [0, 0.05) is 5.54 Å². The van der Waals surface area contributed by atoms with Crippen LogP contribution in [-0.2, 0) is 4.74 Å². The SMILES string of the molecule is C=C(OC(N)=O)C(C)[Si](C)(C)C. The molecule has 0 saturated heterocycles. The lowest BCUT2D eigenvalue weighted by Gasteiger charge is -2.25. The summed E-state index contributed by atoms with van der Waals surface area (Å²) < 4.78 is 4.72. The lowest BCUT2D eigenvalue weighted by atomic mass is 10.4. The zero-order valence-electron chi connectivity index (χ0n) is 8.18. The van der Waals surface area contributed by atoms with Crippen molar-refractivity contribution in [1.82, 2.24) is 0 Å².